The molecule has 0 aliphatic carbocycles. The zero-order valence-electron chi connectivity index (χ0n) is 23.6. The van der Waals surface area contributed by atoms with E-state index in [0.717, 1.165) is 4.90 Å². The highest BCUT2D eigenvalue weighted by Crippen LogP contribution is 2.34. The Hall–Kier alpha value is -2.03. The van der Waals surface area contributed by atoms with E-state index in [4.69, 9.17) is 12.5 Å². The first kappa shape index (κ1) is 32.2. The van der Waals surface area contributed by atoms with E-state index < -0.39 is 32.6 Å². The molecule has 0 bridgehead atoms. The fourth-order valence-electron chi connectivity index (χ4n) is 3.33. The van der Waals surface area contributed by atoms with Crippen molar-refractivity contribution in [2.24, 2.45) is 0 Å². The molecule has 0 fully saturated rings. The van der Waals surface area contributed by atoms with Gasteiger partial charge in [0.25, 0.3) is 20.2 Å². The Labute approximate surface area is 232 Å². The van der Waals surface area contributed by atoms with E-state index in [2.05, 4.69) is 0 Å². The summed E-state index contributed by atoms with van der Waals surface area (Å²) in [5, 5.41) is 0. The van der Waals surface area contributed by atoms with Crippen LogP contribution in [0.4, 0.5) is 17.1 Å². The number of benzene rings is 2. The minimum absolute atomic E-state index is 0.00283. The van der Waals surface area contributed by atoms with E-state index >= 15 is 0 Å². The Bertz CT molecular complexity index is 1310. The second-order valence-corrected chi connectivity index (χ2v) is 13.6. The van der Waals surface area contributed by atoms with Gasteiger partial charge in [-0.05, 0) is 71.0 Å². The average molecular weight is 590 g/mol. The molecule has 10 nitrogen and oxygen atoms in total. The maximum absolute atomic E-state index is 13.2. The van der Waals surface area contributed by atoms with Gasteiger partial charge in [0.15, 0.2) is 0 Å². The first-order valence-electron chi connectivity index (χ1n) is 12.0. The fourth-order valence-corrected chi connectivity index (χ4v) is 6.51. The van der Waals surface area contributed by atoms with Gasteiger partial charge >= 0.3 is 0 Å². The van der Waals surface area contributed by atoms with Gasteiger partial charge in [-0.3, -0.25) is 4.18 Å². The van der Waals surface area contributed by atoms with E-state index in [1.165, 1.54) is 24.2 Å². The number of anilines is 3. The van der Waals surface area contributed by atoms with Crippen molar-refractivity contribution >= 4 is 49.3 Å². The van der Waals surface area contributed by atoms with Gasteiger partial charge in [-0.1, -0.05) is 0 Å². The number of hydrogen-bond donors (Lipinski definition) is 0. The first-order chi connectivity index (χ1) is 17.5. The monoisotopic (exact) mass is 589 g/mol. The molecule has 0 aliphatic heterocycles. The molecular weight excluding hydrogens is 550 g/mol. The molecule has 2 aromatic carbocycles. The molecule has 0 N–H and O–H groups in total. The molecule has 0 heterocycles. The standard InChI is InChI=1S/C25H39N3O7S3/c1-17(2)33-36-24-13-12-21(16-22(24)26(6)7)37(29,30)35-19(5)28(10)20-11-14-25(23(15-20)27(8)9)38(31,32)34-18(3)4/h11-19H,1-10H3. The van der Waals surface area contributed by atoms with Crippen LogP contribution in [0.3, 0.4) is 0 Å². The van der Waals surface area contributed by atoms with Gasteiger partial charge in [0.1, 0.15) is 11.1 Å². The molecular formula is C25H39N3O7S3. The lowest BCUT2D eigenvalue weighted by molar-refractivity contribution is 0.228. The second-order valence-electron chi connectivity index (χ2n) is 9.66. The molecule has 1 unspecified atom stereocenters. The summed E-state index contributed by atoms with van der Waals surface area (Å²) in [6.07, 6.45) is -1.41. The Morgan fingerprint density at radius 1 is 0.711 bits per heavy atom. The van der Waals surface area contributed by atoms with Crippen molar-refractivity contribution < 1.29 is 29.4 Å². The van der Waals surface area contributed by atoms with Gasteiger partial charge in [-0.2, -0.15) is 16.8 Å². The molecule has 0 aliphatic rings. The SMILES string of the molecule is CC(C)OSc1ccc(S(=O)(=O)OC(C)N(C)c2ccc(S(=O)(=O)OC(C)C)c(N(C)C)c2)cc1N(C)C. The third-order valence-corrected chi connectivity index (χ3v) is 9.15. The molecule has 2 aromatic rings. The predicted molar refractivity (Wildman–Crippen MR) is 153 cm³/mol. The van der Waals surface area contributed by atoms with Gasteiger partial charge < -0.3 is 18.9 Å². The third kappa shape index (κ3) is 8.23. The van der Waals surface area contributed by atoms with Crippen LogP contribution in [0.5, 0.6) is 0 Å². The fraction of sp³-hybridized carbons (Fsp3) is 0.520. The van der Waals surface area contributed by atoms with Crippen molar-refractivity contribution in [3.05, 3.63) is 36.4 Å². The maximum atomic E-state index is 13.2. The second kappa shape index (κ2) is 12.9. The summed E-state index contributed by atoms with van der Waals surface area (Å²) < 4.78 is 68.1. The summed E-state index contributed by atoms with van der Waals surface area (Å²) >= 11 is 1.19. The molecule has 214 valence electrons. The highest BCUT2D eigenvalue weighted by Gasteiger charge is 2.26. The van der Waals surface area contributed by atoms with Gasteiger partial charge in [0.05, 0.1) is 33.4 Å². The highest BCUT2D eigenvalue weighted by atomic mass is 32.2. The molecule has 0 spiro atoms. The number of nitrogens with zero attached hydrogens (tertiary/aromatic N) is 3. The summed E-state index contributed by atoms with van der Waals surface area (Å²) in [5.74, 6) is 0. The zero-order valence-corrected chi connectivity index (χ0v) is 26.1. The Morgan fingerprint density at radius 2 is 1.32 bits per heavy atom. The van der Waals surface area contributed by atoms with Gasteiger partial charge in [0.2, 0.25) is 0 Å². The zero-order chi connectivity index (χ0) is 29.0. The molecule has 0 saturated carbocycles. The van der Waals surface area contributed by atoms with Gasteiger partial charge in [-0.15, -0.1) is 0 Å². The van der Waals surface area contributed by atoms with Crippen molar-refractivity contribution in [1.82, 2.24) is 0 Å². The topological polar surface area (TPSA) is 106 Å². The van der Waals surface area contributed by atoms with E-state index in [1.807, 2.05) is 32.8 Å². The van der Waals surface area contributed by atoms with Crippen molar-refractivity contribution in [1.29, 1.82) is 0 Å². The first-order valence-corrected chi connectivity index (χ1v) is 15.6. The molecule has 1 atom stereocenters. The van der Waals surface area contributed by atoms with Crippen LogP contribution in [-0.4, -0.2) is 70.5 Å². The maximum Gasteiger partial charge on any atom is 0.299 e. The molecule has 13 heteroatoms. The van der Waals surface area contributed by atoms with Crippen LogP contribution < -0.4 is 14.7 Å². The lowest BCUT2D eigenvalue weighted by Gasteiger charge is -2.28. The normalized spacial score (nSPS) is 13.2. The predicted octanol–water partition coefficient (Wildman–Crippen LogP) is 4.55. The van der Waals surface area contributed by atoms with E-state index in [-0.39, 0.29) is 15.9 Å². The quantitative estimate of drug-likeness (QED) is 0.187. The van der Waals surface area contributed by atoms with Crippen LogP contribution in [0.25, 0.3) is 0 Å². The van der Waals surface area contributed by atoms with Crippen LogP contribution >= 0.6 is 12.0 Å². The number of rotatable bonds is 13. The van der Waals surface area contributed by atoms with Crippen LogP contribution in [-0.2, 0) is 32.8 Å². The molecule has 38 heavy (non-hydrogen) atoms. The van der Waals surface area contributed by atoms with Crippen LogP contribution in [0.15, 0.2) is 51.1 Å². The summed E-state index contributed by atoms with van der Waals surface area (Å²) in [7, 11) is 0.621. The largest absolute Gasteiger partial charge is 0.377 e. The average Bonchev–Trinajstić information content (AvgIpc) is 2.80. The summed E-state index contributed by atoms with van der Waals surface area (Å²) in [4.78, 5) is 5.88. The third-order valence-electron chi connectivity index (χ3n) is 5.26. The smallest absolute Gasteiger partial charge is 0.299 e. The van der Waals surface area contributed by atoms with Gasteiger partial charge in [-0.25, -0.2) is 4.18 Å². The Morgan fingerprint density at radius 3 is 1.84 bits per heavy atom. The Kier molecular flexibility index (Phi) is 10.9. The highest BCUT2D eigenvalue weighted by molar-refractivity contribution is 7.94. The van der Waals surface area contributed by atoms with Crippen molar-refractivity contribution in [3.8, 4) is 0 Å². The molecule has 0 saturated heterocycles. The number of hydrogen-bond acceptors (Lipinski definition) is 11. The molecule has 0 radical (unpaired) electrons. The van der Waals surface area contributed by atoms with E-state index in [9.17, 15) is 16.8 Å². The van der Waals surface area contributed by atoms with Crippen molar-refractivity contribution in [2.45, 2.75) is 67.7 Å². The molecule has 2 rings (SSSR count). The minimum Gasteiger partial charge on any atom is -0.377 e. The van der Waals surface area contributed by atoms with Crippen LogP contribution in [0.1, 0.15) is 34.6 Å². The van der Waals surface area contributed by atoms with Crippen LogP contribution in [0.2, 0.25) is 0 Å². The van der Waals surface area contributed by atoms with Gasteiger partial charge in [0, 0.05) is 53.0 Å². The summed E-state index contributed by atoms with van der Waals surface area (Å²) in [6.45, 7) is 8.72. The van der Waals surface area contributed by atoms with Crippen molar-refractivity contribution in [3.63, 3.8) is 0 Å². The summed E-state index contributed by atoms with van der Waals surface area (Å²) in [6, 6.07) is 9.40. The van der Waals surface area contributed by atoms with E-state index in [1.54, 1.807) is 76.0 Å². The summed E-state index contributed by atoms with van der Waals surface area (Å²) in [5.41, 5.74) is 1.64. The molecule has 0 aromatic heterocycles. The Balaban J connectivity index is 2.34. The minimum atomic E-state index is -4.13. The lowest BCUT2D eigenvalue weighted by atomic mass is 10.2. The van der Waals surface area contributed by atoms with E-state index in [0.29, 0.717) is 17.1 Å². The lowest BCUT2D eigenvalue weighted by Crippen LogP contribution is -2.33. The van der Waals surface area contributed by atoms with Crippen molar-refractivity contribution in [2.75, 3.05) is 49.9 Å². The van der Waals surface area contributed by atoms with Crippen LogP contribution in [0, 0.1) is 0 Å². The molecule has 0 amide bonds.